The van der Waals surface area contributed by atoms with Gasteiger partial charge in [0.2, 0.25) is 0 Å². The molecule has 1 unspecified atom stereocenters. The van der Waals surface area contributed by atoms with E-state index in [2.05, 4.69) is 35.1 Å². The monoisotopic (exact) mass is 422 g/mol. The van der Waals surface area contributed by atoms with Crippen LogP contribution < -0.4 is 4.90 Å². The summed E-state index contributed by atoms with van der Waals surface area (Å²) in [7, 11) is 1.79. The molecule has 7 heteroatoms. The first-order valence-electron chi connectivity index (χ1n) is 11.0. The third-order valence-electron chi connectivity index (χ3n) is 6.61. The normalized spacial score (nSPS) is 20.2. The van der Waals surface area contributed by atoms with Crippen molar-refractivity contribution < 1.29 is 14.3 Å². The van der Waals surface area contributed by atoms with E-state index in [9.17, 15) is 4.79 Å². The predicted octanol–water partition coefficient (Wildman–Crippen LogP) is 3.84. The second kappa shape index (κ2) is 7.80. The van der Waals surface area contributed by atoms with Crippen LogP contribution in [0.4, 0.5) is 5.69 Å². The van der Waals surface area contributed by atoms with E-state index < -0.39 is 0 Å². The van der Waals surface area contributed by atoms with Crippen molar-refractivity contribution in [1.29, 1.82) is 0 Å². The number of likely N-dealkylation sites (N-methyl/N-ethyl adjacent to an activating group) is 1. The van der Waals surface area contributed by atoms with E-state index in [1.807, 2.05) is 18.2 Å². The molecule has 1 aromatic carbocycles. The Bertz CT molecular complexity index is 1110. The lowest BCUT2D eigenvalue weighted by Gasteiger charge is -2.28. The van der Waals surface area contributed by atoms with Crippen molar-refractivity contribution in [3.05, 3.63) is 35.5 Å². The number of H-pyrrole nitrogens is 2. The van der Waals surface area contributed by atoms with E-state index in [1.165, 1.54) is 17.7 Å². The number of nitrogens with one attached hydrogen (secondary N) is 2. The van der Waals surface area contributed by atoms with Gasteiger partial charge >= 0.3 is 0 Å². The van der Waals surface area contributed by atoms with E-state index in [4.69, 9.17) is 9.47 Å². The lowest BCUT2D eigenvalue weighted by Crippen LogP contribution is -2.32. The predicted molar refractivity (Wildman–Crippen MR) is 120 cm³/mol. The van der Waals surface area contributed by atoms with Gasteiger partial charge in [0.05, 0.1) is 18.4 Å². The van der Waals surface area contributed by atoms with E-state index in [0.29, 0.717) is 18.6 Å². The molecule has 0 saturated carbocycles. The number of hydrogen-bond acceptors (Lipinski definition) is 4. The Hall–Kier alpha value is -2.64. The minimum Gasteiger partial charge on any atom is -0.379 e. The first-order valence-corrected chi connectivity index (χ1v) is 11.0. The van der Waals surface area contributed by atoms with E-state index >= 15 is 0 Å². The first-order chi connectivity index (χ1) is 14.9. The molecule has 1 fully saturated rings. The molecule has 0 spiro atoms. The zero-order chi connectivity index (χ0) is 21.6. The summed E-state index contributed by atoms with van der Waals surface area (Å²) in [6.07, 6.45) is 4.11. The average molecular weight is 423 g/mol. The summed E-state index contributed by atoms with van der Waals surface area (Å²) in [4.78, 5) is 17.7. The maximum atomic E-state index is 12.6. The molecule has 1 atom stereocenters. The summed E-state index contributed by atoms with van der Waals surface area (Å²) in [6, 6.07) is 8.17. The van der Waals surface area contributed by atoms with E-state index in [1.54, 1.807) is 11.9 Å². The number of ether oxygens (including phenoxy) is 2. The number of rotatable bonds is 5. The molecular formula is C24H30N4O3. The number of nitrogens with zero attached hydrogens (tertiary/aromatic N) is 2. The minimum atomic E-state index is -0.0676. The van der Waals surface area contributed by atoms with Crippen LogP contribution >= 0.6 is 0 Å². The van der Waals surface area contributed by atoms with E-state index in [-0.39, 0.29) is 18.6 Å². The van der Waals surface area contributed by atoms with Crippen molar-refractivity contribution in [2.45, 2.75) is 45.6 Å². The number of carbonyl (C=O) groups is 1. The molecule has 5 rings (SSSR count). The number of aromatic nitrogens is 3. The Kier molecular flexibility index (Phi) is 5.10. The van der Waals surface area contributed by atoms with Crippen molar-refractivity contribution in [2.75, 3.05) is 31.8 Å². The second-order valence-electron chi connectivity index (χ2n) is 9.57. The lowest BCUT2D eigenvalue weighted by molar-refractivity contribution is -0.124. The molecule has 1 aliphatic carbocycles. The van der Waals surface area contributed by atoms with Crippen molar-refractivity contribution in [3.63, 3.8) is 0 Å². The van der Waals surface area contributed by atoms with Crippen LogP contribution in [0, 0.1) is 5.41 Å². The van der Waals surface area contributed by atoms with E-state index in [0.717, 1.165) is 47.2 Å². The minimum absolute atomic E-state index is 0.0242. The van der Waals surface area contributed by atoms with Gasteiger partial charge in [0.25, 0.3) is 5.91 Å². The summed E-state index contributed by atoms with van der Waals surface area (Å²) < 4.78 is 11.0. The van der Waals surface area contributed by atoms with Gasteiger partial charge in [-0.05, 0) is 49.3 Å². The number of fused-ring (bicyclic) bond motifs is 2. The summed E-state index contributed by atoms with van der Waals surface area (Å²) in [6.45, 7) is 5.96. The molecule has 0 bridgehead atoms. The molecule has 7 nitrogen and oxygen atoms in total. The highest BCUT2D eigenvalue weighted by Gasteiger charge is 2.29. The van der Waals surface area contributed by atoms with Gasteiger partial charge in [-0.1, -0.05) is 19.9 Å². The quantitative estimate of drug-likeness (QED) is 0.654. The maximum absolute atomic E-state index is 12.6. The second-order valence-corrected chi connectivity index (χ2v) is 9.57. The molecular weight excluding hydrogens is 392 g/mol. The van der Waals surface area contributed by atoms with Gasteiger partial charge in [-0.25, -0.2) is 0 Å². The molecule has 3 aromatic rings. The van der Waals surface area contributed by atoms with Crippen molar-refractivity contribution in [2.24, 2.45) is 5.41 Å². The molecule has 1 amide bonds. The van der Waals surface area contributed by atoms with Crippen molar-refractivity contribution >= 4 is 22.5 Å². The number of benzene rings is 1. The first kappa shape index (κ1) is 20.3. The fourth-order valence-corrected chi connectivity index (χ4v) is 4.60. The molecule has 164 valence electrons. The number of aromatic amines is 2. The van der Waals surface area contributed by atoms with Gasteiger partial charge in [-0.2, -0.15) is 5.10 Å². The molecule has 3 heterocycles. The van der Waals surface area contributed by atoms with Crippen LogP contribution in [-0.2, 0) is 27.1 Å². The molecule has 2 N–H and O–H groups in total. The Morgan fingerprint density at radius 2 is 2.23 bits per heavy atom. The fourth-order valence-electron chi connectivity index (χ4n) is 4.60. The highest BCUT2D eigenvalue weighted by atomic mass is 16.5. The van der Waals surface area contributed by atoms with Gasteiger partial charge in [-0.15, -0.1) is 0 Å². The highest BCUT2D eigenvalue weighted by Crippen LogP contribution is 2.38. The van der Waals surface area contributed by atoms with Crippen LogP contribution in [0.2, 0.25) is 0 Å². The summed E-state index contributed by atoms with van der Waals surface area (Å²) in [5, 5.41) is 8.99. The van der Waals surface area contributed by atoms with Crippen LogP contribution in [0.1, 0.15) is 37.9 Å². The van der Waals surface area contributed by atoms with Crippen LogP contribution in [0.15, 0.2) is 24.3 Å². The molecule has 1 saturated heterocycles. The number of carbonyl (C=O) groups excluding carboxylic acids is 1. The SMILES string of the molecule is CN(C(=O)COC1CCOC1)c1ccc2cc(-c3n[nH]c4c3CCC(C)(C)C4)[nH]c2c1. The third-order valence-corrected chi connectivity index (χ3v) is 6.61. The van der Waals surface area contributed by atoms with Gasteiger partial charge in [-0.3, -0.25) is 9.89 Å². The van der Waals surface area contributed by atoms with Gasteiger partial charge in [0.1, 0.15) is 12.3 Å². The lowest BCUT2D eigenvalue weighted by atomic mass is 9.76. The van der Waals surface area contributed by atoms with Crippen LogP contribution in [0.3, 0.4) is 0 Å². The van der Waals surface area contributed by atoms with Crippen molar-refractivity contribution in [1.82, 2.24) is 15.2 Å². The van der Waals surface area contributed by atoms with Gasteiger partial charge in [0, 0.05) is 41.5 Å². The molecule has 1 aliphatic heterocycles. The van der Waals surface area contributed by atoms with Crippen LogP contribution in [0.5, 0.6) is 0 Å². The number of anilines is 1. The fraction of sp³-hybridized carbons (Fsp3) is 0.500. The summed E-state index contributed by atoms with van der Waals surface area (Å²) >= 11 is 0. The largest absolute Gasteiger partial charge is 0.379 e. The van der Waals surface area contributed by atoms with Crippen LogP contribution in [0.25, 0.3) is 22.3 Å². The Balaban J connectivity index is 1.35. The topological polar surface area (TPSA) is 83.2 Å². The van der Waals surface area contributed by atoms with Crippen LogP contribution in [-0.4, -0.2) is 54.1 Å². The zero-order valence-electron chi connectivity index (χ0n) is 18.5. The highest BCUT2D eigenvalue weighted by molar-refractivity contribution is 5.97. The third kappa shape index (κ3) is 4.00. The average Bonchev–Trinajstić information content (AvgIpc) is 3.48. The smallest absolute Gasteiger partial charge is 0.252 e. The maximum Gasteiger partial charge on any atom is 0.252 e. The molecule has 31 heavy (non-hydrogen) atoms. The molecule has 2 aromatic heterocycles. The Morgan fingerprint density at radius 3 is 3.03 bits per heavy atom. The number of hydrogen-bond donors (Lipinski definition) is 2. The van der Waals surface area contributed by atoms with Gasteiger partial charge < -0.3 is 19.4 Å². The Morgan fingerprint density at radius 1 is 1.35 bits per heavy atom. The standard InChI is InChI=1S/C24H30N4O3/c1-24(2)8-6-18-21(12-24)26-27-23(18)20-10-15-4-5-16(11-19(15)25-20)28(3)22(29)14-31-17-7-9-30-13-17/h4-5,10-11,17,25H,6-9,12-14H2,1-3H3,(H,26,27). The summed E-state index contributed by atoms with van der Waals surface area (Å²) in [5.41, 5.74) is 6.75. The molecule has 0 radical (unpaired) electrons. The molecule has 2 aliphatic rings. The van der Waals surface area contributed by atoms with Crippen molar-refractivity contribution in [3.8, 4) is 11.4 Å². The van der Waals surface area contributed by atoms with Gasteiger partial charge in [0.15, 0.2) is 0 Å². The Labute approximate surface area is 182 Å². The summed E-state index contributed by atoms with van der Waals surface area (Å²) in [5.74, 6) is -0.0676. The zero-order valence-corrected chi connectivity index (χ0v) is 18.5. The number of amides is 1.